The monoisotopic (exact) mass is 420 g/mol. The quantitative estimate of drug-likeness (QED) is 0.435. The SMILES string of the molecule is COc1ccc(-c2nnc(SCC(=O)NCc3ccco3)n2-c2ccccc2)cc1. The van der Waals surface area contributed by atoms with Crippen LogP contribution in [0.25, 0.3) is 17.1 Å². The number of carbonyl (C=O) groups excluding carboxylic acids is 1. The summed E-state index contributed by atoms with van der Waals surface area (Å²) in [4.78, 5) is 12.3. The fourth-order valence-electron chi connectivity index (χ4n) is 2.88. The summed E-state index contributed by atoms with van der Waals surface area (Å²) < 4.78 is 12.4. The number of thioether (sulfide) groups is 1. The Morgan fingerprint density at radius 1 is 1.07 bits per heavy atom. The fraction of sp³-hybridized carbons (Fsp3) is 0.136. The number of carbonyl (C=O) groups is 1. The molecule has 0 bridgehead atoms. The molecule has 2 aromatic carbocycles. The molecule has 4 rings (SSSR count). The molecule has 0 atom stereocenters. The largest absolute Gasteiger partial charge is 0.497 e. The highest BCUT2D eigenvalue weighted by atomic mass is 32.2. The lowest BCUT2D eigenvalue weighted by atomic mass is 10.2. The summed E-state index contributed by atoms with van der Waals surface area (Å²) in [6, 6.07) is 21.1. The average molecular weight is 420 g/mol. The van der Waals surface area contributed by atoms with Gasteiger partial charge in [-0.2, -0.15) is 0 Å². The first-order chi connectivity index (χ1) is 14.7. The number of aromatic nitrogens is 3. The van der Waals surface area contributed by atoms with Gasteiger partial charge in [0.2, 0.25) is 5.91 Å². The number of nitrogens with zero attached hydrogens (tertiary/aromatic N) is 3. The first kappa shape index (κ1) is 19.8. The average Bonchev–Trinajstić information content (AvgIpc) is 3.47. The van der Waals surface area contributed by atoms with Crippen molar-refractivity contribution < 1.29 is 13.9 Å². The summed E-state index contributed by atoms with van der Waals surface area (Å²) in [5, 5.41) is 12.2. The summed E-state index contributed by atoms with van der Waals surface area (Å²) in [6.07, 6.45) is 1.58. The first-order valence-corrected chi connectivity index (χ1v) is 10.3. The number of benzene rings is 2. The van der Waals surface area contributed by atoms with Crippen molar-refractivity contribution in [1.29, 1.82) is 0 Å². The van der Waals surface area contributed by atoms with Gasteiger partial charge in [-0.1, -0.05) is 30.0 Å². The minimum atomic E-state index is -0.106. The van der Waals surface area contributed by atoms with Crippen LogP contribution < -0.4 is 10.1 Å². The molecule has 0 fully saturated rings. The van der Waals surface area contributed by atoms with Crippen molar-refractivity contribution in [3.63, 3.8) is 0 Å². The minimum absolute atomic E-state index is 0.106. The highest BCUT2D eigenvalue weighted by molar-refractivity contribution is 7.99. The van der Waals surface area contributed by atoms with Gasteiger partial charge < -0.3 is 14.5 Å². The van der Waals surface area contributed by atoms with E-state index in [9.17, 15) is 4.79 Å². The summed E-state index contributed by atoms with van der Waals surface area (Å²) in [7, 11) is 1.63. The molecular formula is C22H20N4O3S. The van der Waals surface area contributed by atoms with Gasteiger partial charge in [0, 0.05) is 11.3 Å². The molecule has 7 nitrogen and oxygen atoms in total. The number of furan rings is 1. The Hall–Kier alpha value is -3.52. The third-order valence-corrected chi connectivity index (χ3v) is 5.30. The van der Waals surface area contributed by atoms with E-state index in [1.165, 1.54) is 11.8 Å². The van der Waals surface area contributed by atoms with E-state index in [4.69, 9.17) is 9.15 Å². The zero-order chi connectivity index (χ0) is 20.8. The normalized spacial score (nSPS) is 10.7. The smallest absolute Gasteiger partial charge is 0.230 e. The number of rotatable bonds is 8. The molecule has 0 unspecified atom stereocenters. The van der Waals surface area contributed by atoms with Crippen molar-refractivity contribution in [3.05, 3.63) is 78.8 Å². The lowest BCUT2D eigenvalue weighted by Crippen LogP contribution is -2.24. The summed E-state index contributed by atoms with van der Waals surface area (Å²) >= 11 is 1.33. The van der Waals surface area contributed by atoms with E-state index >= 15 is 0 Å². The third kappa shape index (κ3) is 4.55. The number of hydrogen-bond acceptors (Lipinski definition) is 6. The molecule has 0 radical (unpaired) electrons. The van der Waals surface area contributed by atoms with E-state index < -0.39 is 0 Å². The molecule has 0 saturated heterocycles. The highest BCUT2D eigenvalue weighted by Crippen LogP contribution is 2.28. The van der Waals surface area contributed by atoms with Crippen LogP contribution in [0.2, 0.25) is 0 Å². The molecular weight excluding hydrogens is 400 g/mol. The maximum atomic E-state index is 12.3. The number of methoxy groups -OCH3 is 1. The zero-order valence-electron chi connectivity index (χ0n) is 16.3. The molecule has 2 aromatic heterocycles. The summed E-state index contributed by atoms with van der Waals surface area (Å²) in [5.41, 5.74) is 1.83. The molecule has 2 heterocycles. The maximum absolute atomic E-state index is 12.3. The number of ether oxygens (including phenoxy) is 1. The van der Waals surface area contributed by atoms with Crippen molar-refractivity contribution in [2.75, 3.05) is 12.9 Å². The Kier molecular flexibility index (Phi) is 6.14. The van der Waals surface area contributed by atoms with Gasteiger partial charge in [0.15, 0.2) is 11.0 Å². The molecule has 1 amide bonds. The van der Waals surface area contributed by atoms with Gasteiger partial charge in [-0.25, -0.2) is 0 Å². The standard InChI is InChI=1S/C22H20N4O3S/c1-28-18-11-9-16(10-12-18)21-24-25-22(26(21)17-6-3-2-4-7-17)30-15-20(27)23-14-19-8-5-13-29-19/h2-13H,14-15H2,1H3,(H,23,27). The lowest BCUT2D eigenvalue weighted by Gasteiger charge is -2.10. The Morgan fingerprint density at radius 2 is 1.87 bits per heavy atom. The van der Waals surface area contributed by atoms with Gasteiger partial charge in [0.05, 0.1) is 25.7 Å². The van der Waals surface area contributed by atoms with Gasteiger partial charge in [-0.05, 0) is 48.5 Å². The fourth-order valence-corrected chi connectivity index (χ4v) is 3.66. The summed E-state index contributed by atoms with van der Waals surface area (Å²) in [6.45, 7) is 0.356. The van der Waals surface area contributed by atoms with Crippen molar-refractivity contribution >= 4 is 17.7 Å². The van der Waals surface area contributed by atoms with Gasteiger partial charge in [0.1, 0.15) is 11.5 Å². The van der Waals surface area contributed by atoms with Crippen molar-refractivity contribution in [1.82, 2.24) is 20.1 Å². The second-order valence-electron chi connectivity index (χ2n) is 6.35. The molecule has 0 aliphatic heterocycles. The van der Waals surface area contributed by atoms with Crippen LogP contribution in [-0.2, 0) is 11.3 Å². The van der Waals surface area contributed by atoms with Gasteiger partial charge in [-0.3, -0.25) is 9.36 Å². The Bertz CT molecular complexity index is 1090. The number of nitrogens with one attached hydrogen (secondary N) is 1. The highest BCUT2D eigenvalue weighted by Gasteiger charge is 2.17. The van der Waals surface area contributed by atoms with Crippen molar-refractivity contribution in [2.24, 2.45) is 0 Å². The van der Waals surface area contributed by atoms with Crippen LogP contribution in [0.15, 0.2) is 82.6 Å². The molecule has 0 saturated carbocycles. The van der Waals surface area contributed by atoms with E-state index in [-0.39, 0.29) is 11.7 Å². The van der Waals surface area contributed by atoms with E-state index in [1.54, 1.807) is 19.4 Å². The van der Waals surface area contributed by atoms with Crippen LogP contribution >= 0.6 is 11.8 Å². The van der Waals surface area contributed by atoms with E-state index in [2.05, 4.69) is 15.5 Å². The van der Waals surface area contributed by atoms with Crippen molar-refractivity contribution in [2.45, 2.75) is 11.7 Å². The van der Waals surface area contributed by atoms with Gasteiger partial charge >= 0.3 is 0 Å². The maximum Gasteiger partial charge on any atom is 0.230 e. The molecule has 30 heavy (non-hydrogen) atoms. The number of para-hydroxylation sites is 1. The minimum Gasteiger partial charge on any atom is -0.497 e. The Labute approximate surface area is 178 Å². The molecule has 0 aliphatic carbocycles. The van der Waals surface area contributed by atoms with Crippen LogP contribution in [0.3, 0.4) is 0 Å². The van der Waals surface area contributed by atoms with E-state index in [0.29, 0.717) is 23.3 Å². The predicted octanol–water partition coefficient (Wildman–Crippen LogP) is 3.94. The second kappa shape index (κ2) is 9.32. The van der Waals surface area contributed by atoms with E-state index in [1.807, 2.05) is 65.2 Å². The number of hydrogen-bond donors (Lipinski definition) is 1. The molecule has 0 aliphatic rings. The zero-order valence-corrected chi connectivity index (χ0v) is 17.1. The van der Waals surface area contributed by atoms with Crippen LogP contribution in [0, 0.1) is 0 Å². The van der Waals surface area contributed by atoms with Crippen LogP contribution in [0.5, 0.6) is 5.75 Å². The van der Waals surface area contributed by atoms with Gasteiger partial charge in [-0.15, -0.1) is 10.2 Å². The Morgan fingerprint density at radius 3 is 2.57 bits per heavy atom. The molecule has 152 valence electrons. The topological polar surface area (TPSA) is 82.2 Å². The lowest BCUT2D eigenvalue weighted by molar-refractivity contribution is -0.118. The molecule has 4 aromatic rings. The van der Waals surface area contributed by atoms with Crippen molar-refractivity contribution in [3.8, 4) is 22.8 Å². The second-order valence-corrected chi connectivity index (χ2v) is 7.29. The van der Waals surface area contributed by atoms with Crippen LogP contribution in [0.4, 0.5) is 0 Å². The van der Waals surface area contributed by atoms with Crippen LogP contribution in [0.1, 0.15) is 5.76 Å². The first-order valence-electron chi connectivity index (χ1n) is 9.32. The Balaban J connectivity index is 1.55. The predicted molar refractivity (Wildman–Crippen MR) is 115 cm³/mol. The third-order valence-electron chi connectivity index (χ3n) is 4.37. The molecule has 0 spiro atoms. The number of amides is 1. The van der Waals surface area contributed by atoms with Gasteiger partial charge in [0.25, 0.3) is 0 Å². The molecule has 1 N–H and O–H groups in total. The summed E-state index contributed by atoms with van der Waals surface area (Å²) in [5.74, 6) is 2.29. The van der Waals surface area contributed by atoms with Crippen LogP contribution in [-0.4, -0.2) is 33.5 Å². The molecule has 8 heteroatoms. The van der Waals surface area contributed by atoms with E-state index in [0.717, 1.165) is 17.0 Å².